The number of aryl methyl sites for hydroxylation is 1. The highest BCUT2D eigenvalue weighted by Crippen LogP contribution is 2.37. The summed E-state index contributed by atoms with van der Waals surface area (Å²) < 4.78 is 46.4. The lowest BCUT2D eigenvalue weighted by atomic mass is 9.90. The number of piperidine rings is 1. The van der Waals surface area contributed by atoms with Crippen LogP contribution >= 0.6 is 11.8 Å². The van der Waals surface area contributed by atoms with Gasteiger partial charge in [0.2, 0.25) is 0 Å². The molecule has 11 heteroatoms. The average molecular weight is 685 g/mol. The molecule has 0 amide bonds. The van der Waals surface area contributed by atoms with E-state index in [9.17, 15) is 24.1 Å². The van der Waals surface area contributed by atoms with Crippen molar-refractivity contribution in [2.75, 3.05) is 26.0 Å². The maximum Gasteiger partial charge on any atom is 0.132 e. The quantitative estimate of drug-likeness (QED) is 0.255. The lowest BCUT2D eigenvalue weighted by molar-refractivity contribution is -0.200. The zero-order valence-electron chi connectivity index (χ0n) is 27.4. The summed E-state index contributed by atoms with van der Waals surface area (Å²) in [5.41, 5.74) is 10.2. The zero-order chi connectivity index (χ0) is 33.9. The molecule has 8 atom stereocenters. The molecule has 48 heavy (non-hydrogen) atoms. The predicted octanol–water partition coefficient (Wildman–Crippen LogP) is 4.66. The fraction of sp³-hybridized carbons (Fsp3) is 0.514. The third-order valence-electron chi connectivity index (χ3n) is 10.0. The summed E-state index contributed by atoms with van der Waals surface area (Å²) in [5.74, 6) is -0.184. The Morgan fingerprint density at radius 3 is 2.35 bits per heavy atom. The van der Waals surface area contributed by atoms with E-state index in [2.05, 4.69) is 24.0 Å². The van der Waals surface area contributed by atoms with E-state index in [4.69, 9.17) is 19.9 Å². The van der Waals surface area contributed by atoms with Gasteiger partial charge in [-0.1, -0.05) is 37.3 Å². The Morgan fingerprint density at radius 1 is 0.917 bits per heavy atom. The summed E-state index contributed by atoms with van der Waals surface area (Å²) in [7, 11) is 0. The highest BCUT2D eigenvalue weighted by atomic mass is 32.2. The Balaban J connectivity index is 1.02. The van der Waals surface area contributed by atoms with Crippen molar-refractivity contribution in [3.8, 4) is 5.75 Å². The van der Waals surface area contributed by atoms with Crippen molar-refractivity contribution in [2.24, 2.45) is 5.73 Å². The second-order valence-corrected chi connectivity index (χ2v) is 14.1. The van der Waals surface area contributed by atoms with Crippen molar-refractivity contribution in [3.05, 3.63) is 100 Å². The van der Waals surface area contributed by atoms with E-state index >= 15 is 0 Å². The number of thioether (sulfide) groups is 1. The minimum Gasteiger partial charge on any atom is -0.490 e. The summed E-state index contributed by atoms with van der Waals surface area (Å²) in [6, 6.07) is 17.3. The summed E-state index contributed by atoms with van der Waals surface area (Å²) in [4.78, 5) is 2.36. The lowest BCUT2D eigenvalue weighted by Crippen LogP contribution is -2.52. The van der Waals surface area contributed by atoms with Crippen molar-refractivity contribution in [2.45, 2.75) is 93.2 Å². The molecule has 3 aromatic carbocycles. The van der Waals surface area contributed by atoms with Gasteiger partial charge in [0.1, 0.15) is 59.4 Å². The zero-order valence-corrected chi connectivity index (χ0v) is 28.2. The van der Waals surface area contributed by atoms with Crippen LogP contribution in [0.1, 0.15) is 66.2 Å². The molecular weight excluding hydrogens is 638 g/mol. The highest BCUT2D eigenvalue weighted by Gasteiger charge is 2.44. The molecule has 0 aromatic heterocycles. The van der Waals surface area contributed by atoms with Gasteiger partial charge < -0.3 is 35.3 Å². The Bertz CT molecular complexity index is 1520. The molecule has 3 aliphatic heterocycles. The Kier molecular flexibility index (Phi) is 11.4. The standard InChI is InChI=1S/C37H46F2N2O6S/c1-3-22-6-7-23(35-33(43)32(42)34(44)37(47-35)48-2)17-24(22)16-21-4-9-27(10-5-21)46-28-12-14-41(15-13-28)26-19-31(40)36(45-20-26)29-18-25(38)8-11-30(29)39/h4-11,17-18,26,28,31-37,42-44H,3,12-16,19-20,40H2,1-2H3/t26?,31-,32+,33+,34-,35-,36+,37+/m0/s1. The number of benzene rings is 3. The van der Waals surface area contributed by atoms with Gasteiger partial charge in [-0.05, 0) is 90.9 Å². The fourth-order valence-corrected chi connectivity index (χ4v) is 7.93. The molecule has 0 aliphatic carbocycles. The number of aliphatic hydroxyl groups is 3. The molecule has 3 saturated heterocycles. The average Bonchev–Trinajstić information content (AvgIpc) is 3.10. The number of rotatable bonds is 9. The molecule has 3 aliphatic rings. The van der Waals surface area contributed by atoms with Crippen molar-refractivity contribution in [1.82, 2.24) is 4.90 Å². The molecule has 3 heterocycles. The van der Waals surface area contributed by atoms with Gasteiger partial charge in [-0.25, -0.2) is 8.78 Å². The van der Waals surface area contributed by atoms with E-state index < -0.39 is 53.6 Å². The Hall–Kier alpha value is -2.61. The highest BCUT2D eigenvalue weighted by molar-refractivity contribution is 7.99. The van der Waals surface area contributed by atoms with Crippen LogP contribution in [0, 0.1) is 11.6 Å². The number of hydrogen-bond donors (Lipinski definition) is 4. The van der Waals surface area contributed by atoms with Crippen LogP contribution in [-0.4, -0.2) is 88.1 Å². The van der Waals surface area contributed by atoms with Crippen molar-refractivity contribution >= 4 is 11.8 Å². The van der Waals surface area contributed by atoms with Gasteiger partial charge in [-0.2, -0.15) is 0 Å². The maximum atomic E-state index is 14.3. The van der Waals surface area contributed by atoms with E-state index in [-0.39, 0.29) is 17.7 Å². The van der Waals surface area contributed by atoms with Crippen LogP contribution in [0.5, 0.6) is 5.75 Å². The number of nitrogens with two attached hydrogens (primary N) is 1. The van der Waals surface area contributed by atoms with Crippen molar-refractivity contribution in [3.63, 3.8) is 0 Å². The third-order valence-corrected chi connectivity index (χ3v) is 10.9. The van der Waals surface area contributed by atoms with E-state index in [0.717, 1.165) is 66.9 Å². The van der Waals surface area contributed by atoms with Crippen LogP contribution < -0.4 is 10.5 Å². The first-order chi connectivity index (χ1) is 23.1. The molecule has 0 bridgehead atoms. The first-order valence-electron chi connectivity index (χ1n) is 16.8. The molecular formula is C37H46F2N2O6S. The Labute approximate surface area is 285 Å². The first kappa shape index (κ1) is 35.2. The summed E-state index contributed by atoms with van der Waals surface area (Å²) in [5, 5.41) is 31.4. The predicted molar refractivity (Wildman–Crippen MR) is 181 cm³/mol. The van der Waals surface area contributed by atoms with E-state index in [0.29, 0.717) is 19.4 Å². The van der Waals surface area contributed by atoms with Crippen LogP contribution in [-0.2, 0) is 22.3 Å². The maximum absolute atomic E-state index is 14.3. The molecule has 3 aromatic rings. The normalized spacial score (nSPS) is 30.3. The fourth-order valence-electron chi connectivity index (χ4n) is 7.26. The summed E-state index contributed by atoms with van der Waals surface area (Å²) in [6.07, 6.45) is 0.724. The molecule has 6 rings (SSSR count). The number of nitrogens with zero attached hydrogens (tertiary/aromatic N) is 1. The minimum absolute atomic E-state index is 0.0868. The number of halogens is 2. The molecule has 3 fully saturated rings. The molecule has 8 nitrogen and oxygen atoms in total. The molecule has 0 radical (unpaired) electrons. The van der Waals surface area contributed by atoms with E-state index in [1.165, 1.54) is 23.4 Å². The molecule has 0 saturated carbocycles. The van der Waals surface area contributed by atoms with Crippen LogP contribution in [0.2, 0.25) is 0 Å². The van der Waals surface area contributed by atoms with E-state index in [1.807, 2.05) is 30.3 Å². The molecule has 260 valence electrons. The number of aliphatic hydroxyl groups excluding tert-OH is 3. The van der Waals surface area contributed by atoms with Crippen molar-refractivity contribution < 1.29 is 38.3 Å². The molecule has 1 unspecified atom stereocenters. The summed E-state index contributed by atoms with van der Waals surface area (Å²) in [6.45, 7) is 4.20. The van der Waals surface area contributed by atoms with Crippen LogP contribution in [0.15, 0.2) is 60.7 Å². The van der Waals surface area contributed by atoms with Crippen LogP contribution in [0.25, 0.3) is 0 Å². The molecule has 0 spiro atoms. The first-order valence-corrected chi connectivity index (χ1v) is 18.1. The van der Waals surface area contributed by atoms with Gasteiger partial charge in [0.05, 0.1) is 6.61 Å². The van der Waals surface area contributed by atoms with Gasteiger partial charge >= 0.3 is 0 Å². The second-order valence-electron chi connectivity index (χ2n) is 13.2. The smallest absolute Gasteiger partial charge is 0.132 e. The number of likely N-dealkylation sites (tertiary alicyclic amines) is 1. The molecule has 5 N–H and O–H groups in total. The van der Waals surface area contributed by atoms with Crippen LogP contribution in [0.4, 0.5) is 8.78 Å². The minimum atomic E-state index is -1.29. The summed E-state index contributed by atoms with van der Waals surface area (Å²) >= 11 is 1.31. The van der Waals surface area contributed by atoms with Gasteiger partial charge in [0.15, 0.2) is 0 Å². The topological polar surface area (TPSA) is 118 Å². The van der Waals surface area contributed by atoms with Gasteiger partial charge in [0.25, 0.3) is 0 Å². The largest absolute Gasteiger partial charge is 0.490 e. The van der Waals surface area contributed by atoms with Crippen molar-refractivity contribution in [1.29, 1.82) is 0 Å². The second kappa shape index (κ2) is 15.5. The van der Waals surface area contributed by atoms with E-state index in [1.54, 1.807) is 6.26 Å². The van der Waals surface area contributed by atoms with Gasteiger partial charge in [-0.15, -0.1) is 11.8 Å². The lowest BCUT2D eigenvalue weighted by Gasteiger charge is -2.42. The number of ether oxygens (including phenoxy) is 3. The van der Waals surface area contributed by atoms with Crippen LogP contribution in [0.3, 0.4) is 0 Å². The number of hydrogen-bond acceptors (Lipinski definition) is 9. The monoisotopic (exact) mass is 684 g/mol. The van der Waals surface area contributed by atoms with Gasteiger partial charge in [-0.3, -0.25) is 4.90 Å². The SMILES string of the molecule is CCc1ccc([C@@H]2O[C@H](SC)[C@@H](O)[C@H](O)[C@H]2O)cc1Cc1ccc(OC2CCN(C3CO[C@H](c4cc(F)ccc4F)[C@@H](N)C3)CC2)cc1. The third kappa shape index (κ3) is 7.74. The Morgan fingerprint density at radius 2 is 1.67 bits per heavy atom. The van der Waals surface area contributed by atoms with Gasteiger partial charge in [0, 0.05) is 30.7 Å².